The Morgan fingerprint density at radius 3 is 2.80 bits per heavy atom. The molecule has 1 fully saturated rings. The van der Waals surface area contributed by atoms with Gasteiger partial charge in [-0.25, -0.2) is 0 Å². The zero-order chi connectivity index (χ0) is 11.1. The Morgan fingerprint density at radius 2 is 2.27 bits per heavy atom. The molecule has 0 spiro atoms. The second-order valence-corrected chi connectivity index (χ2v) is 4.71. The molecule has 0 amide bonds. The van der Waals surface area contributed by atoms with E-state index in [1.54, 1.807) is 6.20 Å². The summed E-state index contributed by atoms with van der Waals surface area (Å²) in [5, 5.41) is 3.15. The molecule has 1 atom stereocenters. The van der Waals surface area contributed by atoms with Crippen molar-refractivity contribution in [1.82, 2.24) is 5.32 Å². The predicted octanol–water partition coefficient (Wildman–Crippen LogP) is 3.88. The molecular weight excluding hydrogens is 182 g/mol. The number of hydrogen-bond acceptors (Lipinski definition) is 1. The normalized spacial score (nSPS) is 17.1. The highest BCUT2D eigenvalue weighted by Gasteiger charge is 2.24. The van der Waals surface area contributed by atoms with E-state index in [2.05, 4.69) is 25.4 Å². The lowest BCUT2D eigenvalue weighted by molar-refractivity contribution is 0.494. The van der Waals surface area contributed by atoms with Crippen LogP contribution in [0.1, 0.15) is 45.4 Å². The number of allylic oxidation sites excluding steroid dienone is 1. The van der Waals surface area contributed by atoms with E-state index in [-0.39, 0.29) is 0 Å². The summed E-state index contributed by atoms with van der Waals surface area (Å²) in [6, 6.07) is 0. The maximum Gasteiger partial charge on any atom is 0.0141 e. The van der Waals surface area contributed by atoms with E-state index in [1.807, 2.05) is 0 Å². The van der Waals surface area contributed by atoms with Gasteiger partial charge in [-0.05, 0) is 56.6 Å². The molecule has 1 aliphatic rings. The summed E-state index contributed by atoms with van der Waals surface area (Å²) in [6.07, 6.45) is 9.70. The molecule has 86 valence electrons. The van der Waals surface area contributed by atoms with Crippen LogP contribution in [0.25, 0.3) is 0 Å². The van der Waals surface area contributed by atoms with Gasteiger partial charge in [0, 0.05) is 6.54 Å². The summed E-state index contributed by atoms with van der Waals surface area (Å²) >= 11 is 0. The van der Waals surface area contributed by atoms with E-state index in [4.69, 9.17) is 0 Å². The Balaban J connectivity index is 2.14. The largest absolute Gasteiger partial charge is 0.391 e. The van der Waals surface area contributed by atoms with Gasteiger partial charge < -0.3 is 5.32 Å². The molecule has 0 aromatic heterocycles. The fourth-order valence-electron chi connectivity index (χ4n) is 2.11. The van der Waals surface area contributed by atoms with Crippen LogP contribution in [0.15, 0.2) is 24.9 Å². The van der Waals surface area contributed by atoms with E-state index < -0.39 is 0 Å². The average Bonchev–Trinajstić information content (AvgIpc) is 3.02. The van der Waals surface area contributed by atoms with Crippen LogP contribution in [0, 0.1) is 11.8 Å². The molecule has 0 radical (unpaired) electrons. The highest BCUT2D eigenvalue weighted by atomic mass is 14.8. The smallest absolute Gasteiger partial charge is 0.0141 e. The highest BCUT2D eigenvalue weighted by Crippen LogP contribution is 2.37. The Hall–Kier alpha value is -0.720. The summed E-state index contributed by atoms with van der Waals surface area (Å²) < 4.78 is 0. The summed E-state index contributed by atoms with van der Waals surface area (Å²) in [4.78, 5) is 0. The Bertz CT molecular complexity index is 203. The number of nitrogens with one attached hydrogen (secondary N) is 1. The molecule has 1 nitrogen and oxygen atoms in total. The second kappa shape index (κ2) is 6.71. The van der Waals surface area contributed by atoms with Gasteiger partial charge in [-0.3, -0.25) is 0 Å². The van der Waals surface area contributed by atoms with Gasteiger partial charge in [0.1, 0.15) is 0 Å². The topological polar surface area (TPSA) is 12.0 Å². The van der Waals surface area contributed by atoms with Gasteiger partial charge >= 0.3 is 0 Å². The van der Waals surface area contributed by atoms with E-state index in [1.165, 1.54) is 44.1 Å². The van der Waals surface area contributed by atoms with Crippen molar-refractivity contribution in [1.29, 1.82) is 0 Å². The van der Waals surface area contributed by atoms with E-state index in [0.29, 0.717) is 0 Å². The predicted molar refractivity (Wildman–Crippen MR) is 67.7 cm³/mol. The van der Waals surface area contributed by atoms with Crippen LogP contribution in [0.5, 0.6) is 0 Å². The summed E-state index contributed by atoms with van der Waals surface area (Å²) in [5.41, 5.74) is 1.50. The van der Waals surface area contributed by atoms with Crippen molar-refractivity contribution >= 4 is 0 Å². The molecule has 0 aliphatic heterocycles. The Labute approximate surface area is 94.6 Å². The molecule has 1 N–H and O–H groups in total. The van der Waals surface area contributed by atoms with Crippen molar-refractivity contribution in [2.75, 3.05) is 6.54 Å². The molecule has 0 saturated heterocycles. The lowest BCUT2D eigenvalue weighted by Crippen LogP contribution is -2.10. The van der Waals surface area contributed by atoms with Crippen molar-refractivity contribution in [3.05, 3.63) is 24.9 Å². The first-order valence-electron chi connectivity index (χ1n) is 6.29. The third kappa shape index (κ3) is 5.06. The standard InChI is InChI=1S/C14H25N/c1-4-14(7-6-10-15-5-2)12(3)11-13-8-9-13/h5,13-15H,2-4,6-11H2,1H3. The molecule has 1 rings (SSSR count). The van der Waals surface area contributed by atoms with Gasteiger partial charge in [-0.1, -0.05) is 25.7 Å². The number of rotatable bonds is 9. The minimum Gasteiger partial charge on any atom is -0.391 e. The minimum absolute atomic E-state index is 0.747. The van der Waals surface area contributed by atoms with Crippen molar-refractivity contribution in [2.24, 2.45) is 11.8 Å². The van der Waals surface area contributed by atoms with Gasteiger partial charge in [-0.15, -0.1) is 0 Å². The Kier molecular flexibility index (Phi) is 5.52. The van der Waals surface area contributed by atoms with E-state index in [0.717, 1.165) is 18.4 Å². The molecule has 1 saturated carbocycles. The van der Waals surface area contributed by atoms with Gasteiger partial charge in [0.05, 0.1) is 0 Å². The molecule has 0 heterocycles. The van der Waals surface area contributed by atoms with Crippen LogP contribution < -0.4 is 5.32 Å². The Morgan fingerprint density at radius 1 is 1.53 bits per heavy atom. The monoisotopic (exact) mass is 207 g/mol. The van der Waals surface area contributed by atoms with Crippen molar-refractivity contribution < 1.29 is 0 Å². The lowest BCUT2D eigenvalue weighted by Gasteiger charge is -2.17. The first-order valence-corrected chi connectivity index (χ1v) is 6.29. The minimum atomic E-state index is 0.747. The molecular formula is C14H25N. The van der Waals surface area contributed by atoms with E-state index in [9.17, 15) is 0 Å². The van der Waals surface area contributed by atoms with Gasteiger partial charge in [0.2, 0.25) is 0 Å². The molecule has 1 unspecified atom stereocenters. The second-order valence-electron chi connectivity index (χ2n) is 4.71. The zero-order valence-corrected chi connectivity index (χ0v) is 10.1. The summed E-state index contributed by atoms with van der Waals surface area (Å²) in [7, 11) is 0. The highest BCUT2D eigenvalue weighted by molar-refractivity contribution is 5.03. The van der Waals surface area contributed by atoms with E-state index >= 15 is 0 Å². The molecule has 0 aromatic rings. The maximum atomic E-state index is 4.26. The van der Waals surface area contributed by atoms with Gasteiger partial charge in [0.25, 0.3) is 0 Å². The zero-order valence-electron chi connectivity index (χ0n) is 10.1. The molecule has 0 bridgehead atoms. The summed E-state index contributed by atoms with van der Waals surface area (Å²) in [5.74, 6) is 1.73. The van der Waals surface area contributed by atoms with Crippen molar-refractivity contribution in [3.63, 3.8) is 0 Å². The lowest BCUT2D eigenvalue weighted by atomic mass is 9.89. The quantitative estimate of drug-likeness (QED) is 0.447. The molecule has 0 aromatic carbocycles. The fourth-order valence-corrected chi connectivity index (χ4v) is 2.11. The summed E-state index contributed by atoms with van der Waals surface area (Å²) in [6.45, 7) is 11.2. The molecule has 1 aliphatic carbocycles. The van der Waals surface area contributed by atoms with Crippen LogP contribution in [0.2, 0.25) is 0 Å². The SMILES string of the molecule is C=CNCCCC(CC)C(=C)CC1CC1. The van der Waals surface area contributed by atoms with Crippen LogP contribution in [0.3, 0.4) is 0 Å². The fraction of sp³-hybridized carbons (Fsp3) is 0.714. The number of hydrogen-bond donors (Lipinski definition) is 1. The first kappa shape index (κ1) is 12.4. The first-order chi connectivity index (χ1) is 7.27. The van der Waals surface area contributed by atoms with Crippen molar-refractivity contribution in [2.45, 2.75) is 45.4 Å². The van der Waals surface area contributed by atoms with Crippen LogP contribution in [-0.2, 0) is 0 Å². The van der Waals surface area contributed by atoms with Gasteiger partial charge in [0.15, 0.2) is 0 Å². The molecule has 15 heavy (non-hydrogen) atoms. The average molecular weight is 207 g/mol. The van der Waals surface area contributed by atoms with Gasteiger partial charge in [-0.2, -0.15) is 0 Å². The van der Waals surface area contributed by atoms with Crippen molar-refractivity contribution in [3.8, 4) is 0 Å². The van der Waals surface area contributed by atoms with Crippen LogP contribution in [-0.4, -0.2) is 6.54 Å². The van der Waals surface area contributed by atoms with Crippen LogP contribution in [0.4, 0.5) is 0 Å². The molecule has 1 heteroatoms. The maximum absolute atomic E-state index is 4.26. The van der Waals surface area contributed by atoms with Crippen LogP contribution >= 0.6 is 0 Å². The third-order valence-corrected chi connectivity index (χ3v) is 3.34. The third-order valence-electron chi connectivity index (χ3n) is 3.34.